The van der Waals surface area contributed by atoms with Crippen LogP contribution in [0.25, 0.3) is 0 Å². The highest BCUT2D eigenvalue weighted by Crippen LogP contribution is 2.37. The van der Waals surface area contributed by atoms with Crippen LogP contribution in [0.3, 0.4) is 0 Å². The highest BCUT2D eigenvalue weighted by Gasteiger charge is 2.27. The molecule has 1 fully saturated rings. The third kappa shape index (κ3) is 2.51. The Labute approximate surface area is 112 Å². The Bertz CT molecular complexity index is 398. The van der Waals surface area contributed by atoms with Crippen molar-refractivity contribution in [2.24, 2.45) is 0 Å². The van der Waals surface area contributed by atoms with Crippen LogP contribution in [-0.4, -0.2) is 9.78 Å². The molecule has 2 rings (SSSR count). The van der Waals surface area contributed by atoms with Gasteiger partial charge in [0.15, 0.2) is 0 Å². The maximum absolute atomic E-state index is 6.18. The maximum Gasteiger partial charge on any atom is 0.136 e. The first-order chi connectivity index (χ1) is 7.91. The number of hydrogen-bond acceptors (Lipinski definition) is 2. The smallest absolute Gasteiger partial charge is 0.136 e. The van der Waals surface area contributed by atoms with Gasteiger partial charge in [0.2, 0.25) is 0 Å². The molecule has 2 N–H and O–H groups in total. The van der Waals surface area contributed by atoms with Gasteiger partial charge in [-0.3, -0.25) is 0 Å². The number of anilines is 1. The minimum Gasteiger partial charge on any atom is -0.383 e. The van der Waals surface area contributed by atoms with Gasteiger partial charge in [-0.05, 0) is 28.8 Å². The third-order valence-electron chi connectivity index (χ3n) is 3.52. The molecule has 1 aliphatic rings. The zero-order chi connectivity index (χ0) is 12.6. The molecule has 0 atom stereocenters. The van der Waals surface area contributed by atoms with Crippen LogP contribution >= 0.6 is 15.9 Å². The largest absolute Gasteiger partial charge is 0.383 e. The quantitative estimate of drug-likeness (QED) is 0.851. The van der Waals surface area contributed by atoms with Crippen LogP contribution < -0.4 is 5.73 Å². The van der Waals surface area contributed by atoms with E-state index in [0.29, 0.717) is 6.04 Å². The topological polar surface area (TPSA) is 43.8 Å². The second-order valence-electron chi connectivity index (χ2n) is 6.03. The van der Waals surface area contributed by atoms with Gasteiger partial charge in [-0.25, -0.2) is 4.68 Å². The third-order valence-corrected chi connectivity index (χ3v) is 4.30. The monoisotopic (exact) mass is 299 g/mol. The van der Waals surface area contributed by atoms with Gasteiger partial charge >= 0.3 is 0 Å². The van der Waals surface area contributed by atoms with Gasteiger partial charge in [0.25, 0.3) is 0 Å². The number of halogens is 1. The van der Waals surface area contributed by atoms with Crippen LogP contribution in [0, 0.1) is 0 Å². The predicted molar refractivity (Wildman–Crippen MR) is 75.2 cm³/mol. The highest BCUT2D eigenvalue weighted by molar-refractivity contribution is 9.10. The van der Waals surface area contributed by atoms with Crippen molar-refractivity contribution < 1.29 is 0 Å². The minimum absolute atomic E-state index is 0.0346. The average molecular weight is 300 g/mol. The molecule has 1 aromatic heterocycles. The van der Waals surface area contributed by atoms with E-state index in [1.165, 1.54) is 32.1 Å². The molecule has 1 aliphatic carbocycles. The number of hydrogen-bond donors (Lipinski definition) is 1. The Morgan fingerprint density at radius 1 is 1.24 bits per heavy atom. The van der Waals surface area contributed by atoms with E-state index < -0.39 is 0 Å². The predicted octanol–water partition coefficient (Wildman–Crippen LogP) is 4.03. The summed E-state index contributed by atoms with van der Waals surface area (Å²) in [4.78, 5) is 0. The van der Waals surface area contributed by atoms with Crippen LogP contribution in [0.15, 0.2) is 4.47 Å². The number of aromatic nitrogens is 2. The lowest BCUT2D eigenvalue weighted by molar-refractivity contribution is 0.329. The fourth-order valence-corrected chi connectivity index (χ4v) is 3.37. The van der Waals surface area contributed by atoms with Crippen molar-refractivity contribution in [3.63, 3.8) is 0 Å². The summed E-state index contributed by atoms with van der Waals surface area (Å²) in [7, 11) is 0. The number of rotatable bonds is 1. The molecule has 0 aliphatic heterocycles. The fourth-order valence-electron chi connectivity index (χ4n) is 2.51. The van der Waals surface area contributed by atoms with E-state index in [9.17, 15) is 0 Å². The van der Waals surface area contributed by atoms with Crippen molar-refractivity contribution in [2.75, 3.05) is 5.73 Å². The standard InChI is InChI=1S/C13H22BrN3/c1-13(2,3)11-10(14)12(15)17(16-11)9-7-5-4-6-8-9/h9H,4-8,15H2,1-3H3. The molecular formula is C13H22BrN3. The SMILES string of the molecule is CC(C)(C)c1nn(C2CCCCC2)c(N)c1Br. The lowest BCUT2D eigenvalue weighted by Crippen LogP contribution is -2.18. The van der Waals surface area contributed by atoms with Crippen molar-refractivity contribution in [1.29, 1.82) is 0 Å². The van der Waals surface area contributed by atoms with E-state index in [4.69, 9.17) is 10.8 Å². The van der Waals surface area contributed by atoms with Gasteiger partial charge in [-0.2, -0.15) is 5.10 Å². The molecule has 0 spiro atoms. The summed E-state index contributed by atoms with van der Waals surface area (Å²) in [5.74, 6) is 0.793. The summed E-state index contributed by atoms with van der Waals surface area (Å²) in [6.07, 6.45) is 6.37. The van der Waals surface area contributed by atoms with Gasteiger partial charge in [0, 0.05) is 5.41 Å². The van der Waals surface area contributed by atoms with E-state index in [-0.39, 0.29) is 5.41 Å². The summed E-state index contributed by atoms with van der Waals surface area (Å²) in [6.45, 7) is 6.51. The molecule has 0 bridgehead atoms. The molecule has 1 aromatic rings. The molecule has 0 aromatic carbocycles. The van der Waals surface area contributed by atoms with Crippen LogP contribution in [0.1, 0.15) is 64.6 Å². The summed E-state index contributed by atoms with van der Waals surface area (Å²) >= 11 is 3.60. The van der Waals surface area contributed by atoms with Crippen molar-refractivity contribution in [3.8, 4) is 0 Å². The molecular weight excluding hydrogens is 278 g/mol. The zero-order valence-electron chi connectivity index (χ0n) is 11.0. The minimum atomic E-state index is 0.0346. The van der Waals surface area contributed by atoms with E-state index in [1.807, 2.05) is 4.68 Å². The van der Waals surface area contributed by atoms with Gasteiger partial charge < -0.3 is 5.73 Å². The lowest BCUT2D eigenvalue weighted by atomic mass is 9.92. The zero-order valence-corrected chi connectivity index (χ0v) is 12.5. The molecule has 0 amide bonds. The van der Waals surface area contributed by atoms with E-state index in [1.54, 1.807) is 0 Å². The van der Waals surface area contributed by atoms with Gasteiger partial charge in [-0.1, -0.05) is 40.0 Å². The molecule has 1 saturated carbocycles. The number of nitrogens with two attached hydrogens (primary N) is 1. The van der Waals surface area contributed by atoms with Gasteiger partial charge in [-0.15, -0.1) is 0 Å². The Morgan fingerprint density at radius 3 is 2.29 bits per heavy atom. The Kier molecular flexibility index (Phi) is 3.53. The second kappa shape index (κ2) is 4.63. The molecule has 0 radical (unpaired) electrons. The van der Waals surface area contributed by atoms with Gasteiger partial charge in [0.05, 0.1) is 16.2 Å². The Hall–Kier alpha value is -0.510. The second-order valence-corrected chi connectivity index (χ2v) is 6.83. The summed E-state index contributed by atoms with van der Waals surface area (Å²) in [5.41, 5.74) is 7.29. The van der Waals surface area contributed by atoms with Crippen molar-refractivity contribution in [3.05, 3.63) is 10.2 Å². The molecule has 0 saturated heterocycles. The van der Waals surface area contributed by atoms with E-state index in [2.05, 4.69) is 36.7 Å². The van der Waals surface area contributed by atoms with Crippen LogP contribution in [0.2, 0.25) is 0 Å². The fraction of sp³-hybridized carbons (Fsp3) is 0.769. The first-order valence-corrected chi connectivity index (χ1v) is 7.24. The molecule has 0 unspecified atom stereocenters. The van der Waals surface area contributed by atoms with Gasteiger partial charge in [0.1, 0.15) is 5.82 Å². The van der Waals surface area contributed by atoms with Crippen LogP contribution in [0.5, 0.6) is 0 Å². The van der Waals surface area contributed by atoms with Crippen molar-refractivity contribution in [1.82, 2.24) is 9.78 Å². The summed E-state index contributed by atoms with van der Waals surface area (Å²) in [6, 6.07) is 0.496. The average Bonchev–Trinajstić information content (AvgIpc) is 2.57. The highest BCUT2D eigenvalue weighted by atomic mass is 79.9. The van der Waals surface area contributed by atoms with Crippen molar-refractivity contribution in [2.45, 2.75) is 64.3 Å². The number of nitrogen functional groups attached to an aromatic ring is 1. The maximum atomic E-state index is 6.18. The Morgan fingerprint density at radius 2 is 1.82 bits per heavy atom. The molecule has 17 heavy (non-hydrogen) atoms. The summed E-state index contributed by atoms with van der Waals surface area (Å²) in [5, 5.41) is 4.75. The molecule has 4 heteroatoms. The first-order valence-electron chi connectivity index (χ1n) is 6.45. The Balaban J connectivity index is 2.35. The molecule has 3 nitrogen and oxygen atoms in total. The number of nitrogens with zero attached hydrogens (tertiary/aromatic N) is 2. The van der Waals surface area contributed by atoms with Crippen molar-refractivity contribution >= 4 is 21.7 Å². The first kappa shape index (κ1) is 12.9. The van der Waals surface area contributed by atoms with Crippen LogP contribution in [-0.2, 0) is 5.41 Å². The van der Waals surface area contributed by atoms with E-state index in [0.717, 1.165) is 16.0 Å². The normalized spacial score (nSPS) is 18.6. The van der Waals surface area contributed by atoms with E-state index >= 15 is 0 Å². The lowest BCUT2D eigenvalue weighted by Gasteiger charge is -2.23. The summed E-state index contributed by atoms with van der Waals surface area (Å²) < 4.78 is 3.03. The molecule has 96 valence electrons. The van der Waals surface area contributed by atoms with Crippen LogP contribution in [0.4, 0.5) is 5.82 Å². The molecule has 1 heterocycles.